The molecule has 0 saturated carbocycles. The van der Waals surface area contributed by atoms with Gasteiger partial charge in [0.05, 0.1) is 16.0 Å². The molecule has 0 aromatic heterocycles. The molecule has 0 bridgehead atoms. The molecule has 2 N–H and O–H groups in total. The zero-order valence-electron chi connectivity index (χ0n) is 13.1. The van der Waals surface area contributed by atoms with Crippen molar-refractivity contribution in [3.8, 4) is 0 Å². The van der Waals surface area contributed by atoms with Crippen molar-refractivity contribution >= 4 is 21.8 Å². The summed E-state index contributed by atoms with van der Waals surface area (Å²) >= 11 is 0. The zero-order valence-corrected chi connectivity index (χ0v) is 13.9. The van der Waals surface area contributed by atoms with E-state index in [9.17, 15) is 18.0 Å². The van der Waals surface area contributed by atoms with Gasteiger partial charge in [0.2, 0.25) is 10.0 Å². The predicted octanol–water partition coefficient (Wildman–Crippen LogP) is 0.272. The van der Waals surface area contributed by atoms with Gasteiger partial charge in [-0.2, -0.15) is 4.31 Å². The lowest BCUT2D eigenvalue weighted by molar-refractivity contribution is 0.0693. The lowest BCUT2D eigenvalue weighted by atomic mass is 9.90. The Morgan fingerprint density at radius 1 is 1.22 bits per heavy atom. The van der Waals surface area contributed by atoms with Crippen LogP contribution in [0, 0.1) is 5.41 Å². The molecule has 2 heterocycles. The highest BCUT2D eigenvalue weighted by molar-refractivity contribution is 7.89. The number of carbonyl (C=O) groups excluding carboxylic acids is 2. The molecule has 23 heavy (non-hydrogen) atoms. The molecule has 1 aromatic rings. The molecule has 0 spiro atoms. The van der Waals surface area contributed by atoms with Gasteiger partial charge in [-0.1, -0.05) is 6.92 Å². The van der Waals surface area contributed by atoms with Crippen LogP contribution < -0.4 is 5.73 Å². The SMILES string of the molecule is CN1C(=O)c2ccc(S(=O)(=O)N3CCC(C)(CN)C3)cc2C1=O. The highest BCUT2D eigenvalue weighted by Crippen LogP contribution is 2.33. The Bertz CT molecular complexity index is 805. The molecule has 1 unspecified atom stereocenters. The van der Waals surface area contributed by atoms with Crippen molar-refractivity contribution in [3.63, 3.8) is 0 Å². The van der Waals surface area contributed by atoms with E-state index < -0.39 is 21.8 Å². The second kappa shape index (κ2) is 5.12. The number of benzene rings is 1. The van der Waals surface area contributed by atoms with E-state index in [4.69, 9.17) is 5.73 Å². The van der Waals surface area contributed by atoms with Crippen LogP contribution in [-0.4, -0.2) is 56.1 Å². The van der Waals surface area contributed by atoms with Crippen molar-refractivity contribution in [1.29, 1.82) is 0 Å². The molecule has 124 valence electrons. The largest absolute Gasteiger partial charge is 0.330 e. The van der Waals surface area contributed by atoms with Crippen LogP contribution in [0.4, 0.5) is 0 Å². The minimum Gasteiger partial charge on any atom is -0.330 e. The second-order valence-corrected chi connectivity index (χ2v) is 8.42. The zero-order chi connectivity index (χ0) is 17.0. The summed E-state index contributed by atoms with van der Waals surface area (Å²) in [5.74, 6) is -0.888. The number of amides is 2. The first-order chi connectivity index (χ1) is 10.7. The predicted molar refractivity (Wildman–Crippen MR) is 83.4 cm³/mol. The van der Waals surface area contributed by atoms with E-state index in [-0.39, 0.29) is 21.4 Å². The molecule has 8 heteroatoms. The summed E-state index contributed by atoms with van der Waals surface area (Å²) in [6, 6.07) is 4.09. The quantitative estimate of drug-likeness (QED) is 0.798. The molecular formula is C15H19N3O4S. The fraction of sp³-hybridized carbons (Fsp3) is 0.467. The van der Waals surface area contributed by atoms with E-state index in [1.54, 1.807) is 0 Å². The van der Waals surface area contributed by atoms with Gasteiger partial charge in [-0.25, -0.2) is 8.42 Å². The number of rotatable bonds is 3. The van der Waals surface area contributed by atoms with Crippen LogP contribution in [0.5, 0.6) is 0 Å². The van der Waals surface area contributed by atoms with Gasteiger partial charge in [0.15, 0.2) is 0 Å². The van der Waals surface area contributed by atoms with Crippen LogP contribution in [0.25, 0.3) is 0 Å². The Kier molecular flexibility index (Phi) is 3.58. The highest BCUT2D eigenvalue weighted by Gasteiger charge is 2.40. The second-order valence-electron chi connectivity index (χ2n) is 6.48. The minimum atomic E-state index is -3.70. The summed E-state index contributed by atoms with van der Waals surface area (Å²) < 4.78 is 27.0. The van der Waals surface area contributed by atoms with E-state index in [0.29, 0.717) is 26.1 Å². The monoisotopic (exact) mass is 337 g/mol. The molecule has 2 aliphatic heterocycles. The van der Waals surface area contributed by atoms with Crippen molar-refractivity contribution in [2.75, 3.05) is 26.7 Å². The molecule has 1 atom stereocenters. The van der Waals surface area contributed by atoms with Gasteiger partial charge in [-0.05, 0) is 36.6 Å². The lowest BCUT2D eigenvalue weighted by Gasteiger charge is -2.22. The van der Waals surface area contributed by atoms with Crippen LogP contribution in [0.15, 0.2) is 23.1 Å². The van der Waals surface area contributed by atoms with E-state index in [1.807, 2.05) is 6.92 Å². The standard InChI is InChI=1S/C15H19N3O4S/c1-15(8-16)5-6-18(9-15)23(21,22)10-3-4-11-12(7-10)14(20)17(2)13(11)19/h3-4,7H,5-6,8-9,16H2,1-2H3. The van der Waals surface area contributed by atoms with Gasteiger partial charge >= 0.3 is 0 Å². The number of hydrogen-bond donors (Lipinski definition) is 1. The topological polar surface area (TPSA) is 101 Å². The Labute approximate surface area is 135 Å². The fourth-order valence-corrected chi connectivity index (χ4v) is 4.62. The number of nitrogens with two attached hydrogens (primary N) is 1. The van der Waals surface area contributed by atoms with Crippen LogP contribution in [0.2, 0.25) is 0 Å². The Morgan fingerprint density at radius 3 is 2.48 bits per heavy atom. The molecule has 1 fully saturated rings. The summed E-state index contributed by atoms with van der Waals surface area (Å²) in [5, 5.41) is 0. The molecule has 7 nitrogen and oxygen atoms in total. The maximum atomic E-state index is 12.8. The van der Waals surface area contributed by atoms with Crippen LogP contribution in [0.1, 0.15) is 34.1 Å². The number of fused-ring (bicyclic) bond motifs is 1. The molecule has 3 rings (SSSR count). The molecule has 1 saturated heterocycles. The first-order valence-corrected chi connectivity index (χ1v) is 8.80. The van der Waals surface area contributed by atoms with E-state index >= 15 is 0 Å². The van der Waals surface area contributed by atoms with Crippen molar-refractivity contribution in [2.45, 2.75) is 18.2 Å². The third kappa shape index (κ3) is 2.37. The normalized spacial score (nSPS) is 25.3. The number of carbonyl (C=O) groups is 2. The van der Waals surface area contributed by atoms with Gasteiger partial charge < -0.3 is 5.73 Å². The Morgan fingerprint density at radius 2 is 1.87 bits per heavy atom. The highest BCUT2D eigenvalue weighted by atomic mass is 32.2. The minimum absolute atomic E-state index is 0.0361. The summed E-state index contributed by atoms with van der Waals surface area (Å²) in [7, 11) is -2.32. The van der Waals surface area contributed by atoms with Gasteiger partial charge in [0.1, 0.15) is 0 Å². The van der Waals surface area contributed by atoms with Gasteiger partial charge in [0.25, 0.3) is 11.8 Å². The number of sulfonamides is 1. The van der Waals surface area contributed by atoms with E-state index in [2.05, 4.69) is 0 Å². The van der Waals surface area contributed by atoms with Gasteiger partial charge in [-0.3, -0.25) is 14.5 Å². The lowest BCUT2D eigenvalue weighted by Crippen LogP contribution is -2.34. The molecule has 1 aromatic carbocycles. The first-order valence-electron chi connectivity index (χ1n) is 7.36. The summed E-state index contributed by atoms with van der Waals surface area (Å²) in [5.41, 5.74) is 5.88. The molecule has 0 radical (unpaired) electrons. The van der Waals surface area contributed by atoms with E-state index in [0.717, 1.165) is 4.90 Å². The van der Waals surface area contributed by atoms with Crippen molar-refractivity contribution in [2.24, 2.45) is 11.1 Å². The van der Waals surface area contributed by atoms with Crippen molar-refractivity contribution in [1.82, 2.24) is 9.21 Å². The van der Waals surface area contributed by atoms with Crippen LogP contribution in [0.3, 0.4) is 0 Å². The molecule has 0 aliphatic carbocycles. The Balaban J connectivity index is 1.97. The van der Waals surface area contributed by atoms with Crippen LogP contribution in [-0.2, 0) is 10.0 Å². The number of nitrogens with zero attached hydrogens (tertiary/aromatic N) is 2. The first kappa shape index (κ1) is 16.1. The van der Waals surface area contributed by atoms with Crippen LogP contribution >= 0.6 is 0 Å². The summed E-state index contributed by atoms with van der Waals surface area (Å²) in [4.78, 5) is 24.9. The number of imide groups is 1. The maximum absolute atomic E-state index is 12.8. The third-order valence-corrected chi connectivity index (χ3v) is 6.56. The average molecular weight is 337 g/mol. The number of hydrogen-bond acceptors (Lipinski definition) is 5. The molecular weight excluding hydrogens is 318 g/mol. The molecule has 2 amide bonds. The summed E-state index contributed by atoms with van der Waals surface area (Å²) in [6.07, 6.45) is 0.702. The van der Waals surface area contributed by atoms with Gasteiger partial charge in [0, 0.05) is 20.1 Å². The molecule has 2 aliphatic rings. The van der Waals surface area contributed by atoms with Crippen molar-refractivity contribution in [3.05, 3.63) is 29.3 Å². The van der Waals surface area contributed by atoms with Crippen molar-refractivity contribution < 1.29 is 18.0 Å². The smallest absolute Gasteiger partial charge is 0.261 e. The van der Waals surface area contributed by atoms with E-state index in [1.165, 1.54) is 29.6 Å². The average Bonchev–Trinajstić information content (AvgIpc) is 3.04. The van der Waals surface area contributed by atoms with Gasteiger partial charge in [-0.15, -0.1) is 0 Å². The fourth-order valence-electron chi connectivity index (χ4n) is 3.00. The maximum Gasteiger partial charge on any atom is 0.261 e. The summed E-state index contributed by atoms with van der Waals surface area (Å²) in [6.45, 7) is 3.14. The Hall–Kier alpha value is -1.77. The third-order valence-electron chi connectivity index (χ3n) is 4.71.